The smallest absolute Gasteiger partial charge is 0.188 e. The molecule has 0 fully saturated rings. The van der Waals surface area contributed by atoms with E-state index >= 15 is 0 Å². The number of carbonyl (C=O) groups is 1. The van der Waals surface area contributed by atoms with Gasteiger partial charge in [0.1, 0.15) is 0 Å². The maximum atomic E-state index is 12.0. The van der Waals surface area contributed by atoms with Crippen LogP contribution in [0.4, 0.5) is 5.69 Å². The molecule has 2 rings (SSSR count). The van der Waals surface area contributed by atoms with Gasteiger partial charge in [-0.2, -0.15) is 0 Å². The number of hydrogen-bond donors (Lipinski definition) is 1. The highest BCUT2D eigenvalue weighted by Crippen LogP contribution is 2.26. The molecule has 0 heterocycles. The van der Waals surface area contributed by atoms with Crippen molar-refractivity contribution in [3.05, 3.63) is 73.2 Å². The number of allylic oxidation sites excluding steroid dienone is 1. The van der Waals surface area contributed by atoms with Crippen LogP contribution >= 0.6 is 55.1 Å². The Kier molecular flexibility index (Phi) is 5.88. The van der Waals surface area contributed by atoms with Crippen molar-refractivity contribution in [2.45, 2.75) is 0 Å². The molecule has 0 saturated heterocycles. The van der Waals surface area contributed by atoms with Crippen molar-refractivity contribution in [3.63, 3.8) is 0 Å². The highest BCUT2D eigenvalue weighted by Gasteiger charge is 2.07. The van der Waals surface area contributed by atoms with Crippen molar-refractivity contribution >= 4 is 66.5 Å². The van der Waals surface area contributed by atoms with E-state index in [4.69, 9.17) is 23.2 Å². The Balaban J connectivity index is 2.08. The van der Waals surface area contributed by atoms with Crippen molar-refractivity contribution in [2.24, 2.45) is 0 Å². The second-order valence-corrected chi connectivity index (χ2v) is 6.70. The summed E-state index contributed by atoms with van der Waals surface area (Å²) in [5, 5.41) is 3.87. The molecule has 0 amide bonds. The molecule has 0 unspecified atom stereocenters. The van der Waals surface area contributed by atoms with Gasteiger partial charge < -0.3 is 5.32 Å². The van der Waals surface area contributed by atoms with Crippen LogP contribution < -0.4 is 5.32 Å². The van der Waals surface area contributed by atoms with E-state index in [-0.39, 0.29) is 5.78 Å². The first-order valence-corrected chi connectivity index (χ1v) is 8.19. The summed E-state index contributed by atoms with van der Waals surface area (Å²) < 4.78 is 1.85. The lowest BCUT2D eigenvalue weighted by molar-refractivity contribution is 0.104. The van der Waals surface area contributed by atoms with Gasteiger partial charge in [-0.1, -0.05) is 39.1 Å². The Morgan fingerprint density at radius 2 is 1.86 bits per heavy atom. The Labute approximate surface area is 149 Å². The van der Waals surface area contributed by atoms with Gasteiger partial charge in [-0.15, -0.1) is 0 Å². The lowest BCUT2D eigenvalue weighted by atomic mass is 10.1. The molecule has 2 nitrogen and oxygen atoms in total. The number of ketones is 1. The minimum atomic E-state index is -0.197. The number of nitrogens with one attached hydrogen (secondary N) is 1. The average molecular weight is 450 g/mol. The van der Waals surface area contributed by atoms with Gasteiger partial charge in [0.15, 0.2) is 5.78 Å². The fourth-order valence-corrected chi connectivity index (χ4v) is 3.26. The molecular formula is C15H9Br2Cl2NO. The lowest BCUT2D eigenvalue weighted by Crippen LogP contribution is -1.97. The van der Waals surface area contributed by atoms with Crippen LogP contribution in [0.5, 0.6) is 0 Å². The molecule has 0 bridgehead atoms. The normalized spacial score (nSPS) is 10.9. The molecule has 0 aliphatic rings. The molecule has 6 heteroatoms. The zero-order valence-corrected chi connectivity index (χ0v) is 15.2. The van der Waals surface area contributed by atoms with Crippen LogP contribution in [-0.4, -0.2) is 5.78 Å². The number of carbonyl (C=O) groups excluding carboxylic acids is 1. The van der Waals surface area contributed by atoms with Crippen LogP contribution in [0.3, 0.4) is 0 Å². The summed E-state index contributed by atoms with van der Waals surface area (Å²) in [7, 11) is 0. The van der Waals surface area contributed by atoms with Gasteiger partial charge in [-0.3, -0.25) is 4.79 Å². The van der Waals surface area contributed by atoms with Crippen LogP contribution in [0, 0.1) is 0 Å². The largest absolute Gasteiger partial charge is 0.361 e. The number of anilines is 1. The standard InChI is InChI=1S/C15H9Br2Cl2NO/c16-9-1-4-14(12(17)7-9)20-6-5-15(21)11-3-2-10(18)8-13(11)19/h1-8,20H/b6-5+. The van der Waals surface area contributed by atoms with Crippen LogP contribution in [0.1, 0.15) is 10.4 Å². The van der Waals surface area contributed by atoms with E-state index < -0.39 is 0 Å². The summed E-state index contributed by atoms with van der Waals surface area (Å²) >= 11 is 18.6. The summed E-state index contributed by atoms with van der Waals surface area (Å²) in [5.74, 6) is -0.197. The Morgan fingerprint density at radius 1 is 1.10 bits per heavy atom. The van der Waals surface area contributed by atoms with E-state index in [0.717, 1.165) is 14.6 Å². The molecule has 108 valence electrons. The Morgan fingerprint density at radius 3 is 2.52 bits per heavy atom. The van der Waals surface area contributed by atoms with Crippen molar-refractivity contribution < 1.29 is 4.79 Å². The summed E-state index contributed by atoms with van der Waals surface area (Å²) in [6.45, 7) is 0. The second kappa shape index (κ2) is 7.45. The van der Waals surface area contributed by atoms with Gasteiger partial charge >= 0.3 is 0 Å². The molecule has 0 aliphatic carbocycles. The van der Waals surface area contributed by atoms with E-state index in [1.807, 2.05) is 18.2 Å². The first kappa shape index (κ1) is 16.6. The average Bonchev–Trinajstić information content (AvgIpc) is 2.41. The molecule has 0 spiro atoms. The molecule has 21 heavy (non-hydrogen) atoms. The third-order valence-corrected chi connectivity index (χ3v) is 4.30. The zero-order chi connectivity index (χ0) is 15.4. The van der Waals surface area contributed by atoms with E-state index in [1.54, 1.807) is 24.4 Å². The SMILES string of the molecule is O=C(/C=C/Nc1ccc(Br)cc1Br)c1ccc(Cl)cc1Cl. The predicted octanol–water partition coefficient (Wildman–Crippen LogP) is 6.33. The number of benzene rings is 2. The van der Waals surface area contributed by atoms with Crippen LogP contribution in [0.15, 0.2) is 57.6 Å². The minimum absolute atomic E-state index is 0.197. The third kappa shape index (κ3) is 4.58. The number of halogens is 4. The number of rotatable bonds is 4. The Bertz CT molecular complexity index is 717. The molecule has 2 aromatic rings. The predicted molar refractivity (Wildman–Crippen MR) is 95.4 cm³/mol. The number of hydrogen-bond acceptors (Lipinski definition) is 2. The monoisotopic (exact) mass is 447 g/mol. The van der Waals surface area contributed by atoms with Gasteiger partial charge in [-0.25, -0.2) is 0 Å². The zero-order valence-electron chi connectivity index (χ0n) is 10.5. The van der Waals surface area contributed by atoms with Crippen molar-refractivity contribution in [2.75, 3.05) is 5.32 Å². The molecule has 1 N–H and O–H groups in total. The maximum Gasteiger partial charge on any atom is 0.188 e. The van der Waals surface area contributed by atoms with E-state index in [2.05, 4.69) is 37.2 Å². The van der Waals surface area contributed by atoms with E-state index in [0.29, 0.717) is 15.6 Å². The van der Waals surface area contributed by atoms with Crippen LogP contribution in [0.2, 0.25) is 10.0 Å². The van der Waals surface area contributed by atoms with Crippen LogP contribution in [0.25, 0.3) is 0 Å². The molecule has 0 atom stereocenters. The summed E-state index contributed by atoms with van der Waals surface area (Å²) in [6, 6.07) is 10.5. The first-order chi connectivity index (χ1) is 9.97. The molecule has 0 aliphatic heterocycles. The second-order valence-electron chi connectivity index (χ2n) is 4.09. The third-order valence-electron chi connectivity index (χ3n) is 2.60. The lowest BCUT2D eigenvalue weighted by Gasteiger charge is -2.04. The summed E-state index contributed by atoms with van der Waals surface area (Å²) in [5.41, 5.74) is 1.26. The quantitative estimate of drug-likeness (QED) is 0.436. The molecule has 0 saturated carbocycles. The van der Waals surface area contributed by atoms with Gasteiger partial charge in [0.25, 0.3) is 0 Å². The van der Waals surface area contributed by atoms with Gasteiger partial charge in [0.05, 0.1) is 10.7 Å². The summed E-state index contributed by atoms with van der Waals surface area (Å²) in [6.07, 6.45) is 2.99. The first-order valence-electron chi connectivity index (χ1n) is 5.85. The van der Waals surface area contributed by atoms with E-state index in [1.165, 1.54) is 6.08 Å². The highest BCUT2D eigenvalue weighted by atomic mass is 79.9. The Hall–Kier alpha value is -0.810. The molecular weight excluding hydrogens is 441 g/mol. The summed E-state index contributed by atoms with van der Waals surface area (Å²) in [4.78, 5) is 12.0. The van der Waals surface area contributed by atoms with Crippen LogP contribution in [-0.2, 0) is 0 Å². The van der Waals surface area contributed by atoms with Gasteiger partial charge in [0.2, 0.25) is 0 Å². The fourth-order valence-electron chi connectivity index (χ4n) is 1.59. The van der Waals surface area contributed by atoms with E-state index in [9.17, 15) is 4.79 Å². The van der Waals surface area contributed by atoms with Crippen molar-refractivity contribution in [3.8, 4) is 0 Å². The minimum Gasteiger partial charge on any atom is -0.361 e. The van der Waals surface area contributed by atoms with Crippen molar-refractivity contribution in [1.29, 1.82) is 0 Å². The molecule has 0 radical (unpaired) electrons. The maximum absolute atomic E-state index is 12.0. The molecule has 0 aromatic heterocycles. The van der Waals surface area contributed by atoms with Gasteiger partial charge in [-0.05, 0) is 52.3 Å². The van der Waals surface area contributed by atoms with Gasteiger partial charge in [0, 0.05) is 31.8 Å². The highest BCUT2D eigenvalue weighted by molar-refractivity contribution is 9.11. The molecule has 2 aromatic carbocycles. The van der Waals surface area contributed by atoms with Crippen molar-refractivity contribution in [1.82, 2.24) is 0 Å². The topological polar surface area (TPSA) is 29.1 Å². The fraction of sp³-hybridized carbons (Fsp3) is 0.